The normalized spacial score (nSPS) is 13.4. The van der Waals surface area contributed by atoms with Crippen LogP contribution in [0.2, 0.25) is 0 Å². The van der Waals surface area contributed by atoms with Gasteiger partial charge in [0.15, 0.2) is 5.82 Å². The molecule has 19 heavy (non-hydrogen) atoms. The lowest BCUT2D eigenvalue weighted by Gasteiger charge is -2.12. The third kappa shape index (κ3) is 3.17. The monoisotopic (exact) mass is 300 g/mol. The Balaban J connectivity index is 2.25. The number of rotatable bonds is 4. The Morgan fingerprint density at radius 2 is 2.11 bits per heavy atom. The molecule has 0 saturated heterocycles. The fourth-order valence-corrected chi connectivity index (χ4v) is 3.78. The second kappa shape index (κ2) is 5.36. The topological polar surface area (TPSA) is 59.1 Å². The maximum absolute atomic E-state index is 13.5. The smallest absolute Gasteiger partial charge is 0.241 e. The highest BCUT2D eigenvalue weighted by atomic mass is 32.2. The molecule has 102 valence electrons. The zero-order valence-electron chi connectivity index (χ0n) is 10.4. The van der Waals surface area contributed by atoms with Crippen molar-refractivity contribution in [2.24, 2.45) is 0 Å². The van der Waals surface area contributed by atoms with E-state index < -0.39 is 26.9 Å². The third-order valence-corrected chi connectivity index (χ3v) is 5.16. The highest BCUT2D eigenvalue weighted by molar-refractivity contribution is 7.89. The lowest BCUT2D eigenvalue weighted by Crippen LogP contribution is -2.28. The van der Waals surface area contributed by atoms with E-state index in [-0.39, 0.29) is 0 Å². The number of aryl methyl sites for hydroxylation is 1. The Morgan fingerprint density at radius 1 is 1.37 bits per heavy atom. The molecule has 0 aromatic carbocycles. The molecule has 1 atom stereocenters. The number of aromatic nitrogens is 1. The predicted octanol–water partition coefficient (Wildman–Crippen LogP) is 2.63. The molecule has 2 heterocycles. The molecule has 0 aliphatic heterocycles. The molecule has 2 aromatic rings. The van der Waals surface area contributed by atoms with Gasteiger partial charge in [-0.05, 0) is 38.1 Å². The lowest BCUT2D eigenvalue weighted by atomic mass is 10.3. The molecule has 2 rings (SSSR count). The predicted molar refractivity (Wildman–Crippen MR) is 72.0 cm³/mol. The first kappa shape index (κ1) is 14.1. The Hall–Kier alpha value is -1.31. The Morgan fingerprint density at radius 3 is 2.68 bits per heavy atom. The number of thiophene rings is 1. The molecule has 0 fully saturated rings. The van der Waals surface area contributed by atoms with Crippen LogP contribution in [0.25, 0.3) is 0 Å². The number of nitrogens with zero attached hydrogens (tertiary/aromatic N) is 1. The molecule has 1 unspecified atom stereocenters. The summed E-state index contributed by atoms with van der Waals surface area (Å²) in [5.41, 5.74) is 0. The largest absolute Gasteiger partial charge is 0.261 e. The van der Waals surface area contributed by atoms with Crippen molar-refractivity contribution in [3.8, 4) is 0 Å². The Bertz CT molecular complexity index is 683. The van der Waals surface area contributed by atoms with Crippen LogP contribution in [0.4, 0.5) is 4.39 Å². The second-order valence-corrected chi connectivity index (χ2v) is 7.03. The summed E-state index contributed by atoms with van der Waals surface area (Å²) in [7, 11) is -3.96. The molecule has 4 nitrogen and oxygen atoms in total. The highest BCUT2D eigenvalue weighted by Crippen LogP contribution is 2.24. The summed E-state index contributed by atoms with van der Waals surface area (Å²) < 4.78 is 40.0. The van der Waals surface area contributed by atoms with E-state index in [0.29, 0.717) is 0 Å². The van der Waals surface area contributed by atoms with Crippen LogP contribution in [0.5, 0.6) is 0 Å². The summed E-state index contributed by atoms with van der Waals surface area (Å²) in [5, 5.41) is -0.574. The van der Waals surface area contributed by atoms with Crippen molar-refractivity contribution >= 4 is 21.4 Å². The summed E-state index contributed by atoms with van der Waals surface area (Å²) in [5.74, 6) is -0.857. The van der Waals surface area contributed by atoms with Crippen LogP contribution in [0.3, 0.4) is 0 Å². The van der Waals surface area contributed by atoms with E-state index in [1.807, 2.05) is 19.1 Å². The molecule has 0 amide bonds. The Kier molecular flexibility index (Phi) is 3.98. The number of hydrogen-bond donors (Lipinski definition) is 1. The fourth-order valence-electron chi connectivity index (χ4n) is 1.60. The van der Waals surface area contributed by atoms with Crippen molar-refractivity contribution in [2.45, 2.75) is 24.9 Å². The standard InChI is InChI=1S/C12H13FN2O2S2/c1-8-5-6-11(18-8)9(2)15-19(16,17)12-10(13)4-3-7-14-12/h3-7,9,15H,1-2H3. The molecule has 7 heteroatoms. The minimum absolute atomic E-state index is 0.426. The third-order valence-electron chi connectivity index (χ3n) is 2.50. The molecule has 0 bridgehead atoms. The van der Waals surface area contributed by atoms with Gasteiger partial charge in [-0.1, -0.05) is 0 Å². The first-order valence-corrected chi connectivity index (χ1v) is 7.89. The van der Waals surface area contributed by atoms with E-state index in [9.17, 15) is 12.8 Å². The van der Waals surface area contributed by atoms with Crippen LogP contribution in [0.15, 0.2) is 35.5 Å². The summed E-state index contributed by atoms with van der Waals surface area (Å²) in [4.78, 5) is 5.54. The number of halogens is 1. The van der Waals surface area contributed by atoms with Gasteiger partial charge in [-0.2, -0.15) is 0 Å². The average Bonchev–Trinajstić information content (AvgIpc) is 2.76. The maximum atomic E-state index is 13.5. The van der Waals surface area contributed by atoms with Gasteiger partial charge in [0.05, 0.1) is 6.04 Å². The average molecular weight is 300 g/mol. The van der Waals surface area contributed by atoms with Crippen LogP contribution in [-0.4, -0.2) is 13.4 Å². The van der Waals surface area contributed by atoms with E-state index in [0.717, 1.165) is 15.8 Å². The van der Waals surface area contributed by atoms with Gasteiger partial charge >= 0.3 is 0 Å². The van der Waals surface area contributed by atoms with E-state index >= 15 is 0 Å². The zero-order valence-corrected chi connectivity index (χ0v) is 12.1. The fraction of sp³-hybridized carbons (Fsp3) is 0.250. The zero-order chi connectivity index (χ0) is 14.0. The second-order valence-electron chi connectivity index (χ2n) is 4.08. The summed E-state index contributed by atoms with van der Waals surface area (Å²) in [6, 6.07) is 5.75. The van der Waals surface area contributed by atoms with Crippen LogP contribution in [-0.2, 0) is 10.0 Å². The van der Waals surface area contributed by atoms with Crippen molar-refractivity contribution < 1.29 is 12.8 Å². The van der Waals surface area contributed by atoms with Crippen LogP contribution >= 0.6 is 11.3 Å². The SMILES string of the molecule is Cc1ccc(C(C)NS(=O)(=O)c2ncccc2F)s1. The minimum atomic E-state index is -3.96. The number of nitrogens with one attached hydrogen (secondary N) is 1. The highest BCUT2D eigenvalue weighted by Gasteiger charge is 2.23. The first-order chi connectivity index (χ1) is 8.90. The van der Waals surface area contributed by atoms with Crippen molar-refractivity contribution in [1.29, 1.82) is 0 Å². The summed E-state index contributed by atoms with van der Waals surface area (Å²) in [6.07, 6.45) is 1.25. The van der Waals surface area contributed by atoms with Gasteiger partial charge in [0.25, 0.3) is 10.0 Å². The molecule has 0 spiro atoms. The van der Waals surface area contributed by atoms with E-state index in [2.05, 4.69) is 9.71 Å². The summed E-state index contributed by atoms with van der Waals surface area (Å²) in [6.45, 7) is 3.65. The summed E-state index contributed by atoms with van der Waals surface area (Å²) >= 11 is 1.49. The van der Waals surface area contributed by atoms with Crippen molar-refractivity contribution in [2.75, 3.05) is 0 Å². The van der Waals surface area contributed by atoms with Crippen molar-refractivity contribution in [1.82, 2.24) is 9.71 Å². The quantitative estimate of drug-likeness (QED) is 0.944. The maximum Gasteiger partial charge on any atom is 0.261 e. The number of hydrogen-bond acceptors (Lipinski definition) is 4. The van der Waals surface area contributed by atoms with Gasteiger partial charge in [-0.25, -0.2) is 22.5 Å². The molecule has 0 saturated carbocycles. The molecule has 0 aliphatic carbocycles. The molecule has 0 aliphatic rings. The van der Waals surface area contributed by atoms with Gasteiger partial charge in [0, 0.05) is 16.0 Å². The number of pyridine rings is 1. The van der Waals surface area contributed by atoms with Gasteiger partial charge in [-0.15, -0.1) is 11.3 Å². The lowest BCUT2D eigenvalue weighted by molar-refractivity contribution is 0.537. The molecular weight excluding hydrogens is 287 g/mol. The van der Waals surface area contributed by atoms with Crippen molar-refractivity contribution in [3.63, 3.8) is 0 Å². The number of sulfonamides is 1. The molecule has 1 N–H and O–H groups in total. The van der Waals surface area contributed by atoms with Crippen LogP contribution in [0.1, 0.15) is 22.7 Å². The van der Waals surface area contributed by atoms with E-state index in [4.69, 9.17) is 0 Å². The van der Waals surface area contributed by atoms with Crippen molar-refractivity contribution in [3.05, 3.63) is 46.0 Å². The van der Waals surface area contributed by atoms with Crippen LogP contribution < -0.4 is 4.72 Å². The van der Waals surface area contributed by atoms with Gasteiger partial charge < -0.3 is 0 Å². The van der Waals surface area contributed by atoms with Gasteiger partial charge in [0.1, 0.15) is 0 Å². The molecular formula is C12H13FN2O2S2. The molecule has 2 aromatic heterocycles. The van der Waals surface area contributed by atoms with E-state index in [1.165, 1.54) is 23.6 Å². The van der Waals surface area contributed by atoms with Crippen LogP contribution in [0, 0.1) is 12.7 Å². The van der Waals surface area contributed by atoms with E-state index in [1.54, 1.807) is 6.92 Å². The minimum Gasteiger partial charge on any atom is -0.241 e. The van der Waals surface area contributed by atoms with Gasteiger partial charge in [0.2, 0.25) is 5.03 Å². The first-order valence-electron chi connectivity index (χ1n) is 5.59. The Labute approximate surface area is 115 Å². The molecule has 0 radical (unpaired) electrons. The van der Waals surface area contributed by atoms with Gasteiger partial charge in [-0.3, -0.25) is 0 Å².